The van der Waals surface area contributed by atoms with Crippen LogP contribution < -0.4 is 29.2 Å². The molecule has 11 heteroatoms. The van der Waals surface area contributed by atoms with Crippen molar-refractivity contribution in [2.75, 3.05) is 20.5 Å². The molecule has 0 radical (unpaired) electrons. The minimum atomic E-state index is -0.306. The summed E-state index contributed by atoms with van der Waals surface area (Å²) in [7, 11) is 1.65. The SMILES string of the molecule is CCOc1cc(C=Nn2c(-c3cc(C(C)C)c(OC)cc3C)nc3ccccc3c2=O)c(Br)c(Cl)c1OCc1ccc2c(c1)OCO2. The zero-order valence-electron chi connectivity index (χ0n) is 26.6. The molecule has 0 N–H and O–H groups in total. The van der Waals surface area contributed by atoms with E-state index in [0.29, 0.717) is 61.4 Å². The zero-order chi connectivity index (χ0) is 33.2. The molecule has 2 heterocycles. The number of fused-ring (bicyclic) bond motifs is 2. The van der Waals surface area contributed by atoms with E-state index in [1.807, 2.05) is 62.4 Å². The minimum absolute atomic E-state index is 0.175. The van der Waals surface area contributed by atoms with Gasteiger partial charge in [-0.25, -0.2) is 4.98 Å². The molecular formula is C36H33BrClN3O6. The number of nitrogens with zero attached hydrogens (tertiary/aromatic N) is 3. The fraction of sp³-hybridized carbons (Fsp3) is 0.250. The molecule has 1 aliphatic heterocycles. The number of rotatable bonds is 10. The molecule has 0 bridgehead atoms. The average molecular weight is 719 g/mol. The fourth-order valence-corrected chi connectivity index (χ4v) is 6.03. The van der Waals surface area contributed by atoms with Crippen LogP contribution in [0.3, 0.4) is 0 Å². The summed E-state index contributed by atoms with van der Waals surface area (Å²) in [6, 6.07) is 18.6. The lowest BCUT2D eigenvalue weighted by molar-refractivity contribution is 0.174. The summed E-state index contributed by atoms with van der Waals surface area (Å²) in [5, 5.41) is 5.44. The van der Waals surface area contributed by atoms with Gasteiger partial charge < -0.3 is 23.7 Å². The molecule has 6 rings (SSSR count). The molecule has 0 unspecified atom stereocenters. The Morgan fingerprint density at radius 2 is 1.85 bits per heavy atom. The van der Waals surface area contributed by atoms with Crippen molar-refractivity contribution in [1.82, 2.24) is 9.66 Å². The highest BCUT2D eigenvalue weighted by Crippen LogP contribution is 2.43. The molecule has 0 amide bonds. The van der Waals surface area contributed by atoms with E-state index >= 15 is 0 Å². The number of aromatic nitrogens is 2. The molecule has 0 spiro atoms. The first-order valence-electron chi connectivity index (χ1n) is 15.1. The van der Waals surface area contributed by atoms with Crippen molar-refractivity contribution in [2.24, 2.45) is 5.10 Å². The van der Waals surface area contributed by atoms with Crippen LogP contribution in [-0.4, -0.2) is 36.4 Å². The van der Waals surface area contributed by atoms with E-state index in [0.717, 1.165) is 28.0 Å². The van der Waals surface area contributed by atoms with Gasteiger partial charge in [-0.05, 0) is 94.9 Å². The van der Waals surface area contributed by atoms with Crippen LogP contribution >= 0.6 is 27.5 Å². The Kier molecular flexibility index (Phi) is 9.42. The minimum Gasteiger partial charge on any atom is -0.496 e. The molecule has 4 aromatic carbocycles. The number of aryl methyl sites for hydroxylation is 1. The first-order valence-corrected chi connectivity index (χ1v) is 16.3. The molecule has 9 nitrogen and oxygen atoms in total. The predicted molar refractivity (Wildman–Crippen MR) is 187 cm³/mol. The molecule has 0 fully saturated rings. The second kappa shape index (κ2) is 13.7. The smallest absolute Gasteiger partial charge is 0.282 e. The van der Waals surface area contributed by atoms with Crippen LogP contribution in [0.2, 0.25) is 5.02 Å². The summed E-state index contributed by atoms with van der Waals surface area (Å²) in [6.45, 7) is 8.81. The average Bonchev–Trinajstić information content (AvgIpc) is 3.54. The highest BCUT2D eigenvalue weighted by atomic mass is 79.9. The van der Waals surface area contributed by atoms with Crippen LogP contribution in [0.25, 0.3) is 22.3 Å². The molecule has 0 saturated heterocycles. The van der Waals surface area contributed by atoms with Gasteiger partial charge in [-0.1, -0.05) is 43.6 Å². The molecular weight excluding hydrogens is 686 g/mol. The highest BCUT2D eigenvalue weighted by Gasteiger charge is 2.21. The van der Waals surface area contributed by atoms with Crippen molar-refractivity contribution >= 4 is 44.6 Å². The Morgan fingerprint density at radius 1 is 1.06 bits per heavy atom. The Morgan fingerprint density at radius 3 is 2.62 bits per heavy atom. The Bertz CT molecular complexity index is 2080. The van der Waals surface area contributed by atoms with Crippen LogP contribution in [0, 0.1) is 6.92 Å². The normalized spacial score (nSPS) is 12.3. The van der Waals surface area contributed by atoms with Crippen LogP contribution in [0.4, 0.5) is 0 Å². The molecule has 1 aromatic heterocycles. The fourth-order valence-electron chi connectivity index (χ4n) is 5.37. The van der Waals surface area contributed by atoms with Crippen molar-refractivity contribution in [3.8, 4) is 40.1 Å². The Balaban J connectivity index is 1.42. The maximum atomic E-state index is 13.9. The van der Waals surface area contributed by atoms with Gasteiger partial charge in [0.1, 0.15) is 17.4 Å². The van der Waals surface area contributed by atoms with Gasteiger partial charge in [0.25, 0.3) is 5.56 Å². The molecule has 0 atom stereocenters. The highest BCUT2D eigenvalue weighted by molar-refractivity contribution is 9.10. The summed E-state index contributed by atoms with van der Waals surface area (Å²) < 4.78 is 30.5. The number of hydrogen-bond donors (Lipinski definition) is 0. The van der Waals surface area contributed by atoms with Gasteiger partial charge in [0.2, 0.25) is 6.79 Å². The quantitative estimate of drug-likeness (QED) is 0.134. The lowest BCUT2D eigenvalue weighted by Gasteiger charge is -2.18. The van der Waals surface area contributed by atoms with Crippen molar-refractivity contribution in [3.05, 3.63) is 103 Å². The van der Waals surface area contributed by atoms with E-state index in [1.165, 1.54) is 4.68 Å². The van der Waals surface area contributed by atoms with E-state index < -0.39 is 0 Å². The molecule has 5 aromatic rings. The van der Waals surface area contributed by atoms with Crippen LogP contribution in [0.1, 0.15) is 48.9 Å². The predicted octanol–water partition coefficient (Wildman–Crippen LogP) is 8.51. The van der Waals surface area contributed by atoms with Crippen molar-refractivity contribution in [2.45, 2.75) is 40.2 Å². The maximum Gasteiger partial charge on any atom is 0.282 e. The first-order chi connectivity index (χ1) is 22.7. The molecule has 47 heavy (non-hydrogen) atoms. The third-order valence-corrected chi connectivity index (χ3v) is 9.22. The van der Waals surface area contributed by atoms with Crippen molar-refractivity contribution in [3.63, 3.8) is 0 Å². The third kappa shape index (κ3) is 6.40. The lowest BCUT2D eigenvalue weighted by Crippen LogP contribution is -2.21. The number of halogens is 2. The molecule has 1 aliphatic rings. The Hall–Kier alpha value is -4.54. The van der Waals surface area contributed by atoms with E-state index in [-0.39, 0.29) is 24.9 Å². The summed E-state index contributed by atoms with van der Waals surface area (Å²) >= 11 is 10.5. The third-order valence-electron chi connectivity index (χ3n) is 7.78. The van der Waals surface area contributed by atoms with Gasteiger partial charge in [-0.3, -0.25) is 4.79 Å². The summed E-state index contributed by atoms with van der Waals surface area (Å²) in [4.78, 5) is 18.9. The molecule has 0 saturated carbocycles. The largest absolute Gasteiger partial charge is 0.496 e. The van der Waals surface area contributed by atoms with Gasteiger partial charge in [-0.2, -0.15) is 9.78 Å². The van der Waals surface area contributed by atoms with E-state index in [1.54, 1.807) is 25.5 Å². The summed E-state index contributed by atoms with van der Waals surface area (Å²) in [6.07, 6.45) is 1.56. The van der Waals surface area contributed by atoms with Crippen LogP contribution in [0.15, 0.2) is 75.0 Å². The van der Waals surface area contributed by atoms with E-state index in [9.17, 15) is 4.79 Å². The van der Waals surface area contributed by atoms with Gasteiger partial charge in [0, 0.05) is 15.6 Å². The van der Waals surface area contributed by atoms with Crippen molar-refractivity contribution < 1.29 is 23.7 Å². The number of benzene rings is 4. The second-order valence-electron chi connectivity index (χ2n) is 11.2. The molecule has 242 valence electrons. The van der Waals surface area contributed by atoms with E-state index in [2.05, 4.69) is 29.8 Å². The van der Waals surface area contributed by atoms with Gasteiger partial charge in [-0.15, -0.1) is 0 Å². The summed E-state index contributed by atoms with van der Waals surface area (Å²) in [5.41, 5.74) is 4.39. The second-order valence-corrected chi connectivity index (χ2v) is 12.4. The molecule has 0 aliphatic carbocycles. The lowest BCUT2D eigenvalue weighted by atomic mass is 9.96. The maximum absolute atomic E-state index is 13.9. The first kappa shape index (κ1) is 32.4. The van der Waals surface area contributed by atoms with Gasteiger partial charge >= 0.3 is 0 Å². The van der Waals surface area contributed by atoms with Crippen LogP contribution in [-0.2, 0) is 6.61 Å². The topological polar surface area (TPSA) is 93.4 Å². The summed E-state index contributed by atoms with van der Waals surface area (Å²) in [5.74, 6) is 3.52. The Labute approximate surface area is 285 Å². The standard InChI is InChI=1S/C36H33BrClN3O6/c1-6-44-31-15-23(32(37)33(38)34(31)45-18-22-11-12-28-30(14-22)47-19-46-28)17-39-41-35(40-27-10-8-7-9-24(27)36(41)42)26-16-25(20(2)3)29(43-5)13-21(26)4/h7-17,20H,6,18-19H2,1-5H3. The monoisotopic (exact) mass is 717 g/mol. The zero-order valence-corrected chi connectivity index (χ0v) is 28.9. The van der Waals surface area contributed by atoms with Gasteiger partial charge in [0.15, 0.2) is 28.8 Å². The van der Waals surface area contributed by atoms with Crippen LogP contribution in [0.5, 0.6) is 28.7 Å². The number of methoxy groups -OCH3 is 1. The number of ether oxygens (including phenoxy) is 5. The van der Waals surface area contributed by atoms with E-state index in [4.69, 9.17) is 45.4 Å². The van der Waals surface area contributed by atoms with Crippen molar-refractivity contribution in [1.29, 1.82) is 0 Å². The number of hydrogen-bond acceptors (Lipinski definition) is 8. The van der Waals surface area contributed by atoms with Gasteiger partial charge in [0.05, 0.1) is 30.8 Å². The number of para-hydroxylation sites is 1.